The van der Waals surface area contributed by atoms with Crippen LogP contribution in [0.4, 0.5) is 0 Å². The molecule has 0 saturated carbocycles. The summed E-state index contributed by atoms with van der Waals surface area (Å²) in [5.74, 6) is 0.973. The maximum absolute atomic E-state index is 6.14. The van der Waals surface area contributed by atoms with E-state index in [1.54, 1.807) is 0 Å². The van der Waals surface area contributed by atoms with E-state index in [0.29, 0.717) is 0 Å². The third-order valence-electron chi connectivity index (χ3n) is 3.64. The van der Waals surface area contributed by atoms with E-state index >= 15 is 0 Å². The zero-order valence-electron chi connectivity index (χ0n) is 13.4. The summed E-state index contributed by atoms with van der Waals surface area (Å²) in [5.41, 5.74) is 9.79. The number of rotatable bonds is 7. The van der Waals surface area contributed by atoms with Crippen LogP contribution in [-0.2, 0) is 6.42 Å². The summed E-state index contributed by atoms with van der Waals surface area (Å²) in [7, 11) is 0. The van der Waals surface area contributed by atoms with Crippen LogP contribution in [0, 0.1) is 0 Å². The van der Waals surface area contributed by atoms with Crippen LogP contribution in [0.2, 0.25) is 0 Å². The fourth-order valence-electron chi connectivity index (χ4n) is 2.33. The number of benzene rings is 2. The molecule has 0 spiro atoms. The fourth-order valence-corrected chi connectivity index (χ4v) is 2.33. The van der Waals surface area contributed by atoms with Gasteiger partial charge in [0.2, 0.25) is 0 Å². The maximum Gasteiger partial charge on any atom is 0.122 e. The first-order valence-electron chi connectivity index (χ1n) is 7.81. The summed E-state index contributed by atoms with van der Waals surface area (Å²) in [6.45, 7) is 4.99. The van der Waals surface area contributed by atoms with Crippen molar-refractivity contribution in [3.63, 3.8) is 0 Å². The Bertz CT molecular complexity index is 557. The molecule has 2 rings (SSSR count). The van der Waals surface area contributed by atoms with Gasteiger partial charge in [-0.2, -0.15) is 0 Å². The van der Waals surface area contributed by atoms with E-state index in [1.807, 2.05) is 6.07 Å². The molecule has 1 atom stereocenters. The van der Waals surface area contributed by atoms with Crippen LogP contribution in [0.15, 0.2) is 48.5 Å². The van der Waals surface area contributed by atoms with E-state index in [9.17, 15) is 0 Å². The second kappa shape index (κ2) is 9.50. The molecule has 0 aliphatic heterocycles. The lowest BCUT2D eigenvalue weighted by Gasteiger charge is -2.16. The molecular formula is C19H26ClNO. The van der Waals surface area contributed by atoms with Crippen molar-refractivity contribution in [2.75, 3.05) is 6.61 Å². The average molecular weight is 320 g/mol. The van der Waals surface area contributed by atoms with E-state index in [2.05, 4.69) is 56.3 Å². The summed E-state index contributed by atoms with van der Waals surface area (Å²) in [6.07, 6.45) is 2.85. The van der Waals surface area contributed by atoms with Crippen molar-refractivity contribution in [3.8, 4) is 16.9 Å². The van der Waals surface area contributed by atoms with Gasteiger partial charge in [0.15, 0.2) is 0 Å². The van der Waals surface area contributed by atoms with Crippen molar-refractivity contribution < 1.29 is 4.74 Å². The lowest BCUT2D eigenvalue weighted by Crippen LogP contribution is -2.21. The second-order valence-corrected chi connectivity index (χ2v) is 5.41. The van der Waals surface area contributed by atoms with Gasteiger partial charge in [0.1, 0.15) is 5.75 Å². The third kappa shape index (κ3) is 5.04. The average Bonchev–Trinajstić information content (AvgIpc) is 2.54. The number of hydrogen-bond acceptors (Lipinski definition) is 2. The van der Waals surface area contributed by atoms with Crippen LogP contribution in [0.1, 0.15) is 32.3 Å². The molecule has 120 valence electrons. The predicted octanol–water partition coefficient (Wildman–Crippen LogP) is 4.84. The topological polar surface area (TPSA) is 35.2 Å². The molecule has 0 bridgehead atoms. The Morgan fingerprint density at radius 2 is 1.73 bits per heavy atom. The van der Waals surface area contributed by atoms with Gasteiger partial charge in [0, 0.05) is 6.04 Å². The van der Waals surface area contributed by atoms with E-state index in [-0.39, 0.29) is 18.4 Å². The fraction of sp³-hybridized carbons (Fsp3) is 0.368. The Morgan fingerprint density at radius 1 is 1.00 bits per heavy atom. The van der Waals surface area contributed by atoms with Crippen LogP contribution in [0.25, 0.3) is 11.1 Å². The number of halogens is 1. The van der Waals surface area contributed by atoms with Crippen molar-refractivity contribution in [3.05, 3.63) is 54.1 Å². The highest BCUT2D eigenvalue weighted by atomic mass is 35.5. The van der Waals surface area contributed by atoms with Crippen LogP contribution < -0.4 is 10.5 Å². The molecule has 2 aromatic carbocycles. The van der Waals surface area contributed by atoms with E-state index in [0.717, 1.165) is 31.6 Å². The molecule has 2 nitrogen and oxygen atoms in total. The molecule has 0 aromatic heterocycles. The Morgan fingerprint density at radius 3 is 2.36 bits per heavy atom. The molecule has 0 amide bonds. The molecule has 22 heavy (non-hydrogen) atoms. The molecule has 0 aliphatic rings. The monoisotopic (exact) mass is 319 g/mol. The van der Waals surface area contributed by atoms with Crippen LogP contribution >= 0.6 is 12.4 Å². The number of nitrogens with two attached hydrogens (primary N) is 1. The van der Waals surface area contributed by atoms with E-state index in [4.69, 9.17) is 10.5 Å². The van der Waals surface area contributed by atoms with Gasteiger partial charge in [-0.15, -0.1) is 12.4 Å². The lowest BCUT2D eigenvalue weighted by molar-refractivity contribution is 0.313. The van der Waals surface area contributed by atoms with Gasteiger partial charge in [-0.3, -0.25) is 0 Å². The van der Waals surface area contributed by atoms with Crippen LogP contribution in [0.5, 0.6) is 5.75 Å². The highest BCUT2D eigenvalue weighted by Crippen LogP contribution is 2.28. The van der Waals surface area contributed by atoms with Crippen molar-refractivity contribution in [1.82, 2.24) is 0 Å². The second-order valence-electron chi connectivity index (χ2n) is 5.41. The minimum absolute atomic E-state index is 0. The minimum atomic E-state index is 0. The highest BCUT2D eigenvalue weighted by molar-refractivity contribution is 5.85. The summed E-state index contributed by atoms with van der Waals surface area (Å²) in [6, 6.07) is 17.0. The quantitative estimate of drug-likeness (QED) is 0.792. The Balaban J connectivity index is 0.00000242. The van der Waals surface area contributed by atoms with Crippen LogP contribution in [0.3, 0.4) is 0 Å². The van der Waals surface area contributed by atoms with Gasteiger partial charge in [0.25, 0.3) is 0 Å². The largest absolute Gasteiger partial charge is 0.493 e. The first-order valence-corrected chi connectivity index (χ1v) is 7.81. The number of ether oxygens (including phenoxy) is 1. The predicted molar refractivity (Wildman–Crippen MR) is 96.9 cm³/mol. The summed E-state index contributed by atoms with van der Waals surface area (Å²) < 4.78 is 5.87. The molecule has 0 aliphatic carbocycles. The molecule has 0 heterocycles. The molecule has 0 saturated heterocycles. The van der Waals surface area contributed by atoms with Gasteiger partial charge in [0.05, 0.1) is 6.61 Å². The van der Waals surface area contributed by atoms with Crippen molar-refractivity contribution >= 4 is 12.4 Å². The SMILES string of the molecule is CCCOc1ccc(-c2ccccc2)cc1CC(N)CC.Cl. The zero-order chi connectivity index (χ0) is 15.1. The Hall–Kier alpha value is -1.51. The molecular weight excluding hydrogens is 294 g/mol. The first-order chi connectivity index (χ1) is 10.2. The van der Waals surface area contributed by atoms with E-state index < -0.39 is 0 Å². The molecule has 2 N–H and O–H groups in total. The normalized spacial score (nSPS) is 11.6. The van der Waals surface area contributed by atoms with Gasteiger partial charge in [-0.1, -0.05) is 50.2 Å². The molecule has 0 fully saturated rings. The van der Waals surface area contributed by atoms with E-state index in [1.165, 1.54) is 16.7 Å². The molecule has 3 heteroatoms. The van der Waals surface area contributed by atoms with Crippen molar-refractivity contribution in [2.45, 2.75) is 39.2 Å². The first kappa shape index (κ1) is 18.5. The number of hydrogen-bond donors (Lipinski definition) is 1. The van der Waals surface area contributed by atoms with Gasteiger partial charge < -0.3 is 10.5 Å². The summed E-state index contributed by atoms with van der Waals surface area (Å²) in [5, 5.41) is 0. The highest BCUT2D eigenvalue weighted by Gasteiger charge is 2.10. The zero-order valence-corrected chi connectivity index (χ0v) is 14.2. The van der Waals surface area contributed by atoms with Gasteiger partial charge in [-0.05, 0) is 48.1 Å². The Labute approximate surface area is 140 Å². The molecule has 2 aromatic rings. The van der Waals surface area contributed by atoms with Crippen LogP contribution in [-0.4, -0.2) is 12.6 Å². The standard InChI is InChI=1S/C19H25NO.ClH/c1-3-12-21-19-11-10-16(15-8-6-5-7-9-15)13-17(19)14-18(20)4-2;/h5-11,13,18H,3-4,12,14,20H2,1-2H3;1H. The summed E-state index contributed by atoms with van der Waals surface area (Å²) >= 11 is 0. The lowest BCUT2D eigenvalue weighted by atomic mass is 9.98. The van der Waals surface area contributed by atoms with Crippen molar-refractivity contribution in [1.29, 1.82) is 0 Å². The maximum atomic E-state index is 6.14. The summed E-state index contributed by atoms with van der Waals surface area (Å²) in [4.78, 5) is 0. The smallest absolute Gasteiger partial charge is 0.122 e. The Kier molecular flexibility index (Phi) is 8.00. The third-order valence-corrected chi connectivity index (χ3v) is 3.64. The molecule has 1 unspecified atom stereocenters. The molecule has 0 radical (unpaired) electrons. The van der Waals surface area contributed by atoms with Gasteiger partial charge in [-0.25, -0.2) is 0 Å². The minimum Gasteiger partial charge on any atom is -0.493 e. The van der Waals surface area contributed by atoms with Gasteiger partial charge >= 0.3 is 0 Å². The van der Waals surface area contributed by atoms with Crippen molar-refractivity contribution in [2.24, 2.45) is 5.73 Å².